The molecule has 4 heteroatoms. The van der Waals surface area contributed by atoms with Crippen molar-refractivity contribution in [2.45, 2.75) is 18.9 Å². The summed E-state index contributed by atoms with van der Waals surface area (Å²) in [4.78, 5) is 2.20. The average molecular weight is 265 g/mol. The van der Waals surface area contributed by atoms with Crippen LogP contribution in [0, 0.1) is 11.3 Å². The van der Waals surface area contributed by atoms with Crippen LogP contribution in [-0.4, -0.2) is 37.2 Å². The normalized spacial score (nSPS) is 20.1. The molecule has 1 saturated heterocycles. The molecule has 0 saturated carbocycles. The summed E-state index contributed by atoms with van der Waals surface area (Å²) in [6.45, 7) is 5.18. The fourth-order valence-corrected chi connectivity index (χ4v) is 2.44. The van der Waals surface area contributed by atoms with Gasteiger partial charge >= 0.3 is 0 Å². The Morgan fingerprint density at radius 1 is 1.28 bits per heavy atom. The molecular weight excluding hydrogens is 248 g/mol. The molecule has 1 aliphatic heterocycles. The van der Waals surface area contributed by atoms with Gasteiger partial charge in [0, 0.05) is 24.0 Å². The van der Waals surface area contributed by atoms with E-state index in [1.165, 1.54) is 0 Å². The summed E-state index contributed by atoms with van der Waals surface area (Å²) in [5.74, 6) is 0.172. The lowest BCUT2D eigenvalue weighted by Crippen LogP contribution is -2.45. The number of nitriles is 1. The van der Waals surface area contributed by atoms with E-state index >= 15 is 0 Å². The molecule has 2 rings (SSSR count). The van der Waals surface area contributed by atoms with Gasteiger partial charge in [0.25, 0.3) is 0 Å². The van der Waals surface area contributed by atoms with Crippen LogP contribution in [0.4, 0.5) is 0 Å². The highest BCUT2D eigenvalue weighted by Gasteiger charge is 2.26. The maximum absolute atomic E-state index is 9.41. The summed E-state index contributed by atoms with van der Waals surface area (Å²) < 4.78 is 5.33. The van der Waals surface area contributed by atoms with Gasteiger partial charge in [-0.1, -0.05) is 30.7 Å². The molecule has 2 atom stereocenters. The lowest BCUT2D eigenvalue weighted by molar-refractivity contribution is 0.0231. The second-order valence-corrected chi connectivity index (χ2v) is 5.00. The summed E-state index contributed by atoms with van der Waals surface area (Å²) >= 11 is 5.89. The van der Waals surface area contributed by atoms with Crippen molar-refractivity contribution in [3.63, 3.8) is 0 Å². The molecule has 0 aromatic heterocycles. The van der Waals surface area contributed by atoms with E-state index in [-0.39, 0.29) is 12.0 Å². The zero-order valence-corrected chi connectivity index (χ0v) is 11.2. The van der Waals surface area contributed by atoms with Gasteiger partial charge in [-0.15, -0.1) is 0 Å². The average Bonchev–Trinajstić information content (AvgIpc) is 2.41. The molecule has 1 fully saturated rings. The zero-order chi connectivity index (χ0) is 13.0. The first-order valence-electron chi connectivity index (χ1n) is 6.19. The summed E-state index contributed by atoms with van der Waals surface area (Å²) in [6.07, 6.45) is 0. The summed E-state index contributed by atoms with van der Waals surface area (Å²) in [7, 11) is 0. The smallest absolute Gasteiger partial charge is 0.105 e. The molecule has 3 nitrogen and oxygen atoms in total. The van der Waals surface area contributed by atoms with Gasteiger partial charge < -0.3 is 4.74 Å². The predicted octanol–water partition coefficient (Wildman–Crippen LogP) is 2.67. The van der Waals surface area contributed by atoms with E-state index in [4.69, 9.17) is 16.3 Å². The SMILES string of the molecule is CC(c1ccc(Cl)cc1)C(C#N)N1CCOCC1. The highest BCUT2D eigenvalue weighted by atomic mass is 35.5. The molecule has 1 aromatic rings. The molecule has 1 aliphatic rings. The van der Waals surface area contributed by atoms with Crippen LogP contribution in [0.2, 0.25) is 5.02 Å². The van der Waals surface area contributed by atoms with Crippen LogP contribution < -0.4 is 0 Å². The molecule has 0 aliphatic carbocycles. The van der Waals surface area contributed by atoms with Gasteiger partial charge in [-0.2, -0.15) is 5.26 Å². The predicted molar refractivity (Wildman–Crippen MR) is 71.7 cm³/mol. The Kier molecular flexibility index (Phi) is 4.60. The summed E-state index contributed by atoms with van der Waals surface area (Å²) in [5, 5.41) is 10.1. The minimum Gasteiger partial charge on any atom is -0.379 e. The minimum atomic E-state index is -0.102. The Morgan fingerprint density at radius 3 is 2.44 bits per heavy atom. The van der Waals surface area contributed by atoms with Gasteiger partial charge in [0.1, 0.15) is 6.04 Å². The van der Waals surface area contributed by atoms with Crippen molar-refractivity contribution >= 4 is 11.6 Å². The van der Waals surface area contributed by atoms with Crippen LogP contribution in [0.5, 0.6) is 0 Å². The molecule has 0 radical (unpaired) electrons. The van der Waals surface area contributed by atoms with E-state index in [1.807, 2.05) is 24.3 Å². The molecule has 0 N–H and O–H groups in total. The van der Waals surface area contributed by atoms with Gasteiger partial charge in [-0.05, 0) is 17.7 Å². The highest BCUT2D eigenvalue weighted by molar-refractivity contribution is 6.30. The van der Waals surface area contributed by atoms with E-state index in [9.17, 15) is 5.26 Å². The second kappa shape index (κ2) is 6.19. The number of hydrogen-bond acceptors (Lipinski definition) is 3. The molecule has 0 amide bonds. The summed E-state index contributed by atoms with van der Waals surface area (Å²) in [6, 6.07) is 10.1. The largest absolute Gasteiger partial charge is 0.379 e. The number of rotatable bonds is 3. The fraction of sp³-hybridized carbons (Fsp3) is 0.500. The van der Waals surface area contributed by atoms with Crippen molar-refractivity contribution in [2.24, 2.45) is 0 Å². The number of nitrogens with zero attached hydrogens (tertiary/aromatic N) is 2. The molecule has 1 aromatic carbocycles. The van der Waals surface area contributed by atoms with Crippen LogP contribution in [0.3, 0.4) is 0 Å². The molecule has 0 spiro atoms. The number of benzene rings is 1. The van der Waals surface area contributed by atoms with Gasteiger partial charge in [-0.3, -0.25) is 4.90 Å². The van der Waals surface area contributed by atoms with Crippen molar-refractivity contribution in [1.29, 1.82) is 5.26 Å². The molecule has 2 unspecified atom stereocenters. The van der Waals surface area contributed by atoms with Crippen LogP contribution in [0.25, 0.3) is 0 Å². The maximum atomic E-state index is 9.41. The Hall–Kier alpha value is -1.08. The Labute approximate surface area is 113 Å². The molecule has 96 valence electrons. The quantitative estimate of drug-likeness (QED) is 0.842. The van der Waals surface area contributed by atoms with Crippen molar-refractivity contribution < 1.29 is 4.74 Å². The van der Waals surface area contributed by atoms with Crippen molar-refractivity contribution in [1.82, 2.24) is 4.90 Å². The molecule has 18 heavy (non-hydrogen) atoms. The third kappa shape index (κ3) is 3.02. The third-order valence-electron chi connectivity index (χ3n) is 3.44. The lowest BCUT2D eigenvalue weighted by Gasteiger charge is -2.33. The van der Waals surface area contributed by atoms with Gasteiger partial charge in [-0.25, -0.2) is 0 Å². The Balaban J connectivity index is 2.11. The third-order valence-corrected chi connectivity index (χ3v) is 3.69. The van der Waals surface area contributed by atoms with E-state index < -0.39 is 0 Å². The standard InChI is InChI=1S/C14H17ClN2O/c1-11(12-2-4-13(15)5-3-12)14(10-16)17-6-8-18-9-7-17/h2-5,11,14H,6-9H2,1H3. The number of morpholine rings is 1. The topological polar surface area (TPSA) is 36.3 Å². The zero-order valence-electron chi connectivity index (χ0n) is 10.5. The molecule has 0 bridgehead atoms. The van der Waals surface area contributed by atoms with Crippen molar-refractivity contribution in [3.8, 4) is 6.07 Å². The van der Waals surface area contributed by atoms with Gasteiger partial charge in [0.2, 0.25) is 0 Å². The lowest BCUT2D eigenvalue weighted by atomic mass is 9.93. The van der Waals surface area contributed by atoms with E-state index in [0.717, 1.165) is 23.7 Å². The number of halogens is 1. The van der Waals surface area contributed by atoms with Crippen LogP contribution in [0.15, 0.2) is 24.3 Å². The second-order valence-electron chi connectivity index (χ2n) is 4.56. The van der Waals surface area contributed by atoms with Crippen molar-refractivity contribution in [2.75, 3.05) is 26.3 Å². The van der Waals surface area contributed by atoms with Crippen LogP contribution in [-0.2, 0) is 4.74 Å². The first kappa shape index (κ1) is 13.4. The summed E-state index contributed by atoms with van der Waals surface area (Å²) in [5.41, 5.74) is 1.15. The number of hydrogen-bond donors (Lipinski definition) is 0. The highest BCUT2D eigenvalue weighted by Crippen LogP contribution is 2.24. The van der Waals surface area contributed by atoms with E-state index in [0.29, 0.717) is 13.2 Å². The van der Waals surface area contributed by atoms with Crippen LogP contribution >= 0.6 is 11.6 Å². The monoisotopic (exact) mass is 264 g/mol. The first-order valence-corrected chi connectivity index (χ1v) is 6.57. The molecular formula is C14H17ClN2O. The van der Waals surface area contributed by atoms with Gasteiger partial charge in [0.05, 0.1) is 19.3 Å². The van der Waals surface area contributed by atoms with Crippen molar-refractivity contribution in [3.05, 3.63) is 34.9 Å². The van der Waals surface area contributed by atoms with E-state index in [1.54, 1.807) is 0 Å². The minimum absolute atomic E-state index is 0.102. The first-order chi connectivity index (χ1) is 8.72. The van der Waals surface area contributed by atoms with Crippen LogP contribution in [0.1, 0.15) is 18.4 Å². The number of ether oxygens (including phenoxy) is 1. The Bertz CT molecular complexity index is 420. The molecule has 1 heterocycles. The maximum Gasteiger partial charge on any atom is 0.105 e. The van der Waals surface area contributed by atoms with E-state index in [2.05, 4.69) is 17.9 Å². The Morgan fingerprint density at radius 2 is 1.89 bits per heavy atom. The van der Waals surface area contributed by atoms with Gasteiger partial charge in [0.15, 0.2) is 0 Å². The fourth-order valence-electron chi connectivity index (χ4n) is 2.31.